The fourth-order valence-electron chi connectivity index (χ4n) is 16.9. The zero-order chi connectivity index (χ0) is 56.5. The van der Waals surface area contributed by atoms with Crippen LogP contribution in [0.4, 0.5) is 33.3 Å². The van der Waals surface area contributed by atoms with Gasteiger partial charge in [-0.25, -0.2) is 26.7 Å². The number of aliphatic carboxylic acids is 1. The van der Waals surface area contributed by atoms with Gasteiger partial charge in [-0.15, -0.1) is 0 Å². The number of nitrogens with zero attached hydrogens (tertiary/aromatic N) is 3. The second kappa shape index (κ2) is 20.6. The number of allylic oxidation sites excluding steroid dienone is 8. The van der Waals surface area contributed by atoms with Crippen molar-refractivity contribution in [2.45, 2.75) is 121 Å². The van der Waals surface area contributed by atoms with Crippen molar-refractivity contribution in [2.75, 3.05) is 34.6 Å². The van der Waals surface area contributed by atoms with Crippen molar-refractivity contribution in [1.29, 1.82) is 5.26 Å². The number of hydrogen-bond acceptors (Lipinski definition) is 12. The second-order valence-electron chi connectivity index (χ2n) is 23.5. The number of aliphatic hydroxyl groups is 2. The molecule has 8 aliphatic carbocycles. The third-order valence-corrected chi connectivity index (χ3v) is 21.7. The summed E-state index contributed by atoms with van der Waals surface area (Å²) >= 11 is 15.4. The van der Waals surface area contributed by atoms with Crippen LogP contribution in [-0.4, -0.2) is 109 Å². The van der Waals surface area contributed by atoms with Gasteiger partial charge in [0.1, 0.15) is 17.9 Å². The predicted octanol–water partition coefficient (Wildman–Crippen LogP) is 11.6. The highest BCUT2D eigenvalue weighted by Crippen LogP contribution is 2.75. The van der Waals surface area contributed by atoms with E-state index in [9.17, 15) is 44.2 Å². The van der Waals surface area contributed by atoms with Crippen molar-refractivity contribution in [3.63, 3.8) is 0 Å². The summed E-state index contributed by atoms with van der Waals surface area (Å²) in [6, 6.07) is 15.9. The molecule has 10 aliphatic rings. The van der Waals surface area contributed by atoms with Crippen LogP contribution in [0.1, 0.15) is 73.6 Å². The van der Waals surface area contributed by atoms with Crippen LogP contribution in [-0.2, 0) is 28.9 Å². The first-order chi connectivity index (χ1) is 36.7. The van der Waals surface area contributed by atoms with E-state index >= 15 is 17.6 Å². The van der Waals surface area contributed by atoms with Gasteiger partial charge in [0.15, 0.2) is 28.5 Å². The van der Waals surface area contributed by atoms with Crippen LogP contribution in [0.3, 0.4) is 0 Å². The Morgan fingerprint density at radius 3 is 1.49 bits per heavy atom. The molecule has 0 bridgehead atoms. The number of halogens is 8. The molecule has 12 nitrogen and oxygen atoms in total. The summed E-state index contributed by atoms with van der Waals surface area (Å²) < 4.78 is 76.3. The van der Waals surface area contributed by atoms with Crippen LogP contribution in [0.15, 0.2) is 96.1 Å². The fourth-order valence-corrected chi connectivity index (χ4v) is 18.0. The number of rotatable bonds is 5. The Labute approximate surface area is 478 Å². The Balaban J connectivity index is 0.000000181. The Kier molecular flexibility index (Phi) is 15.5. The van der Waals surface area contributed by atoms with Gasteiger partial charge in [0.25, 0.3) is 0 Å². The van der Waals surface area contributed by atoms with Gasteiger partial charge in [0.2, 0.25) is 10.7 Å². The molecule has 2 saturated heterocycles. The number of carbonyl (C=O) groups is 4. The number of thioether (sulfide) groups is 1. The van der Waals surface area contributed by atoms with E-state index in [1.54, 1.807) is 67.4 Å². The molecule has 8 fully saturated rings. The molecule has 79 heavy (non-hydrogen) atoms. The number of fused-ring (bicyclic) bond motifs is 14. The summed E-state index contributed by atoms with van der Waals surface area (Å²) in [5, 5.41) is 46.8. The van der Waals surface area contributed by atoms with Gasteiger partial charge in [-0.05, 0) is 148 Å². The summed E-state index contributed by atoms with van der Waals surface area (Å²) in [5.74, 6) is -5.79. The van der Waals surface area contributed by atoms with E-state index in [-0.39, 0.29) is 67.6 Å². The smallest absolute Gasteiger partial charge is 0.339 e. The van der Waals surface area contributed by atoms with E-state index in [0.717, 1.165) is 17.8 Å². The summed E-state index contributed by atoms with van der Waals surface area (Å²) in [5.41, 5.74) is -11.8. The van der Waals surface area contributed by atoms with Crippen molar-refractivity contribution in [3.8, 4) is 6.07 Å². The molecular formula is C58H63BrCl2F5N3O9S. The molecule has 0 radical (unpaired) electrons. The average molecular weight is 1220 g/mol. The molecule has 2 aliphatic heterocycles. The third kappa shape index (κ3) is 8.19. The Morgan fingerprint density at radius 1 is 0.722 bits per heavy atom. The van der Waals surface area contributed by atoms with Crippen LogP contribution in [0.5, 0.6) is 0 Å². The van der Waals surface area contributed by atoms with Gasteiger partial charge < -0.3 is 15.3 Å². The topological polar surface area (TPSA) is 178 Å². The molecule has 2 aromatic rings. The summed E-state index contributed by atoms with van der Waals surface area (Å²) in [6.45, 7) is 7.28. The Bertz CT molecular complexity index is 2990. The van der Waals surface area contributed by atoms with Crippen LogP contribution in [0.2, 0.25) is 10.0 Å². The molecule has 21 heteroatoms. The van der Waals surface area contributed by atoms with E-state index in [2.05, 4.69) is 15.9 Å². The van der Waals surface area contributed by atoms with Crippen molar-refractivity contribution in [2.24, 2.45) is 57.2 Å². The zero-order valence-electron chi connectivity index (χ0n) is 43.0. The lowest BCUT2D eigenvalue weighted by Crippen LogP contribution is -2.70. The maximum absolute atomic E-state index is 17.5. The molecule has 6 saturated carbocycles. The van der Waals surface area contributed by atoms with E-state index in [1.165, 1.54) is 42.4 Å². The lowest BCUT2D eigenvalue weighted by molar-refractivity contribution is -0.233. The zero-order valence-corrected chi connectivity index (χ0v) is 46.9. The minimum Gasteiger partial charge on any atom is -0.479 e. The third-order valence-electron chi connectivity index (χ3n) is 20.4. The molecule has 2 aromatic carbocycles. The lowest BCUT2D eigenvalue weighted by atomic mass is 9.44. The number of anilines is 2. The number of carbonyl (C=O) groups excluding carboxylic acids is 3. The highest BCUT2D eigenvalue weighted by atomic mass is 79.9. The van der Waals surface area contributed by atoms with Crippen LogP contribution in [0.25, 0.3) is 0 Å². The quantitative estimate of drug-likeness (QED) is 0.190. The van der Waals surface area contributed by atoms with Crippen LogP contribution < -0.4 is 10.1 Å². The van der Waals surface area contributed by atoms with Crippen molar-refractivity contribution in [1.82, 2.24) is 0 Å². The molecule has 0 unspecified atom stereocenters. The van der Waals surface area contributed by atoms with Gasteiger partial charge in [-0.2, -0.15) is 5.26 Å². The molecule has 3 N–H and O–H groups in total. The molecule has 0 amide bonds. The Morgan fingerprint density at radius 2 is 1.10 bits per heavy atom. The number of hydrogen-bond donors (Lipinski definition) is 3. The van der Waals surface area contributed by atoms with Crippen molar-refractivity contribution < 1.29 is 66.1 Å². The van der Waals surface area contributed by atoms with Gasteiger partial charge in [0, 0.05) is 55.4 Å². The maximum atomic E-state index is 17.5. The SMILES string of the molecule is C.C[C@]12C=CC(=O)C=C1[C@@H](F)C[C@H]1[C@@H]3C[C@H]4CN(c5ccc(Cl)cc5)O[C@@]4(C(=O)O)[C@@]3(C)C[C@H](O)[C@@]12F.C[C@]12C=CC(=O)C=C1[C@@H](F)C[C@H]1[C@@H]3C[C@H]4CN(c5ccc(Cl)cc5)O[C@@]4(C(=O)SCC#N)[C@@]3(C)C[C@H](O)[C@@]12F.FCBr. The minimum atomic E-state index is -2.25. The first-order valence-electron chi connectivity index (χ1n) is 26.0. The second-order valence-corrected chi connectivity index (χ2v) is 25.7. The number of nitriles is 1. The normalized spacial score (nSPS) is 43.5. The molecule has 0 spiro atoms. The highest BCUT2D eigenvalue weighted by molar-refractivity contribution is 9.09. The van der Waals surface area contributed by atoms with Gasteiger partial charge in [0.05, 0.1) is 48.5 Å². The standard InChI is InChI=1S/C29H29ClF2N2O4S.C27H28ClF2NO5.CH2BrF.CH4/c1-26-8-7-19(35)12-22(26)23(31)13-21-20-11-16-15-34(18-5-3-17(30)4-6-18)38-29(16,25(37)39-10-9-33)27(20,2)14-24(36)28(21,26)32;1-24-8-7-17(32)10-20(24)21(29)11-19-18-9-14-13-31(16-5-3-15(28)4-6-16)36-27(14,23(34)35)25(18,2)12-22(33)26(19,24)30;2-1-3;/h3-8,12,16,20-21,23-24,36H,10-11,13-15H2,1-2H3;3-8,10,14,18-19,21-22,33H,9,11-13H2,1-2H3,(H,34,35);1H2;1H4/t16-,20-,21-,23-,24-,26-,27-,28-,29-;14-,18-,19-,21-,22-,24-,25-,26-,27-;;/m00../s1. The number of aliphatic hydroxyl groups excluding tert-OH is 2. The van der Waals surface area contributed by atoms with E-state index in [1.807, 2.05) is 13.0 Å². The lowest BCUT2D eigenvalue weighted by Gasteiger charge is -2.63. The number of benzene rings is 2. The van der Waals surface area contributed by atoms with Crippen molar-refractivity contribution in [3.05, 3.63) is 106 Å². The van der Waals surface area contributed by atoms with Gasteiger partial charge in [-0.1, -0.05) is 84.3 Å². The molecule has 18 atom stereocenters. The fraction of sp³-hybridized carbons (Fsp3) is 0.569. The molecule has 2 heterocycles. The van der Waals surface area contributed by atoms with E-state index in [4.69, 9.17) is 32.9 Å². The van der Waals surface area contributed by atoms with E-state index < -0.39 is 121 Å². The maximum Gasteiger partial charge on any atom is 0.339 e. The summed E-state index contributed by atoms with van der Waals surface area (Å²) in [7, 11) is 0. The van der Waals surface area contributed by atoms with Crippen LogP contribution in [0, 0.1) is 68.5 Å². The largest absolute Gasteiger partial charge is 0.479 e. The minimum absolute atomic E-state index is 0. The van der Waals surface area contributed by atoms with Gasteiger partial charge >= 0.3 is 5.97 Å². The average Bonchev–Trinajstić information content (AvgIpc) is 3.95. The van der Waals surface area contributed by atoms with Crippen molar-refractivity contribution >= 4 is 84.9 Å². The molecule has 426 valence electrons. The Hall–Kier alpha value is -4.13. The number of ketones is 2. The highest BCUT2D eigenvalue weighted by Gasteiger charge is 2.82. The molecular weight excluding hydrogens is 1160 g/mol. The first-order valence-corrected chi connectivity index (χ1v) is 28.8. The van der Waals surface area contributed by atoms with Gasteiger partial charge in [-0.3, -0.25) is 34.2 Å². The van der Waals surface area contributed by atoms with Crippen LogP contribution >= 0.6 is 50.9 Å². The number of carboxylic acids is 1. The summed E-state index contributed by atoms with van der Waals surface area (Å²) in [6.07, 6.45) is 1.40. The summed E-state index contributed by atoms with van der Waals surface area (Å²) in [4.78, 5) is 63.8. The number of hydroxylamine groups is 2. The number of carboxylic acid groups (broad SMARTS) is 1. The molecule has 12 rings (SSSR count). The molecule has 0 aromatic heterocycles. The van der Waals surface area contributed by atoms with E-state index in [0.29, 0.717) is 40.8 Å². The number of alkyl halides is 6. The first kappa shape index (κ1) is 59.5. The monoisotopic (exact) mass is 1220 g/mol. The predicted molar refractivity (Wildman–Crippen MR) is 293 cm³/mol.